The van der Waals surface area contributed by atoms with Gasteiger partial charge in [-0.25, -0.2) is 0 Å². The fraction of sp³-hybridized carbons (Fsp3) is 0.562. The average Bonchev–Trinajstić information content (AvgIpc) is 2.25. The molecule has 1 fully saturated rings. The SMILES string of the molecule is CC(C)(C)C(CC(=O)O)N1CC(c2ccccc2)C1. The van der Waals surface area contributed by atoms with E-state index < -0.39 is 5.97 Å². The average molecular weight is 261 g/mol. The number of nitrogens with zero attached hydrogens (tertiary/aromatic N) is 1. The summed E-state index contributed by atoms with van der Waals surface area (Å²) >= 11 is 0. The maximum absolute atomic E-state index is 11.0. The van der Waals surface area contributed by atoms with Crippen LogP contribution in [0.15, 0.2) is 30.3 Å². The molecule has 3 heteroatoms. The first kappa shape index (κ1) is 14.1. The van der Waals surface area contributed by atoms with Gasteiger partial charge in [0.15, 0.2) is 0 Å². The van der Waals surface area contributed by atoms with Crippen LogP contribution >= 0.6 is 0 Å². The molecule has 0 aliphatic carbocycles. The van der Waals surface area contributed by atoms with Crippen LogP contribution in [0.4, 0.5) is 0 Å². The van der Waals surface area contributed by atoms with Crippen LogP contribution in [0, 0.1) is 5.41 Å². The first-order valence-corrected chi connectivity index (χ1v) is 6.88. The number of carbonyl (C=O) groups is 1. The van der Waals surface area contributed by atoms with Gasteiger partial charge in [0, 0.05) is 25.0 Å². The van der Waals surface area contributed by atoms with E-state index in [1.165, 1.54) is 5.56 Å². The quantitative estimate of drug-likeness (QED) is 0.906. The molecule has 3 nitrogen and oxygen atoms in total. The molecule has 2 rings (SSSR count). The number of carboxylic acids is 1. The second-order valence-electron chi connectivity index (χ2n) is 6.54. The summed E-state index contributed by atoms with van der Waals surface area (Å²) in [6.07, 6.45) is 0.227. The smallest absolute Gasteiger partial charge is 0.304 e. The molecule has 1 heterocycles. The molecule has 1 unspecified atom stereocenters. The first-order valence-electron chi connectivity index (χ1n) is 6.88. The molecule has 1 aliphatic rings. The molecule has 104 valence electrons. The van der Waals surface area contributed by atoms with E-state index in [9.17, 15) is 4.79 Å². The number of carboxylic acid groups (broad SMARTS) is 1. The van der Waals surface area contributed by atoms with Crippen molar-refractivity contribution in [3.05, 3.63) is 35.9 Å². The van der Waals surface area contributed by atoms with Gasteiger partial charge in [-0.1, -0.05) is 51.1 Å². The molecule has 0 saturated carbocycles. The predicted molar refractivity (Wildman–Crippen MR) is 76.3 cm³/mol. The number of benzene rings is 1. The van der Waals surface area contributed by atoms with Gasteiger partial charge in [0.1, 0.15) is 0 Å². The summed E-state index contributed by atoms with van der Waals surface area (Å²) in [7, 11) is 0. The largest absolute Gasteiger partial charge is 0.481 e. The maximum atomic E-state index is 11.0. The third-order valence-electron chi connectivity index (χ3n) is 3.99. The van der Waals surface area contributed by atoms with Crippen molar-refractivity contribution in [2.24, 2.45) is 5.41 Å². The third kappa shape index (κ3) is 3.35. The molecule has 0 amide bonds. The summed E-state index contributed by atoms with van der Waals surface area (Å²) in [6.45, 7) is 8.31. The van der Waals surface area contributed by atoms with Crippen molar-refractivity contribution in [2.75, 3.05) is 13.1 Å². The lowest BCUT2D eigenvalue weighted by atomic mass is 9.79. The molecular weight excluding hydrogens is 238 g/mol. The molecule has 0 bridgehead atoms. The second kappa shape index (κ2) is 5.33. The van der Waals surface area contributed by atoms with Crippen molar-refractivity contribution in [2.45, 2.75) is 39.2 Å². The predicted octanol–water partition coefficient (Wildman–Crippen LogP) is 2.98. The summed E-state index contributed by atoms with van der Waals surface area (Å²) in [5.41, 5.74) is 1.36. The van der Waals surface area contributed by atoms with Crippen molar-refractivity contribution in [3.63, 3.8) is 0 Å². The first-order chi connectivity index (χ1) is 8.88. The van der Waals surface area contributed by atoms with E-state index in [0.29, 0.717) is 5.92 Å². The Balaban J connectivity index is 1.99. The fourth-order valence-electron chi connectivity index (χ4n) is 2.85. The van der Waals surface area contributed by atoms with E-state index in [0.717, 1.165) is 13.1 Å². The maximum Gasteiger partial charge on any atom is 0.304 e. The number of aliphatic carboxylic acids is 1. The van der Waals surface area contributed by atoms with E-state index in [1.807, 2.05) is 6.07 Å². The summed E-state index contributed by atoms with van der Waals surface area (Å²) < 4.78 is 0. The Labute approximate surface area is 115 Å². The highest BCUT2D eigenvalue weighted by Crippen LogP contribution is 2.35. The zero-order chi connectivity index (χ0) is 14.0. The van der Waals surface area contributed by atoms with Crippen molar-refractivity contribution in [3.8, 4) is 0 Å². The Bertz CT molecular complexity index is 430. The van der Waals surface area contributed by atoms with Crippen LogP contribution in [0.2, 0.25) is 0 Å². The van der Waals surface area contributed by atoms with Crippen LogP contribution in [0.3, 0.4) is 0 Å². The topological polar surface area (TPSA) is 40.5 Å². The van der Waals surface area contributed by atoms with Crippen molar-refractivity contribution in [1.29, 1.82) is 0 Å². The van der Waals surface area contributed by atoms with Crippen molar-refractivity contribution < 1.29 is 9.90 Å². The van der Waals surface area contributed by atoms with Crippen LogP contribution in [0.5, 0.6) is 0 Å². The van der Waals surface area contributed by atoms with Gasteiger partial charge in [-0.2, -0.15) is 0 Å². The molecule has 1 saturated heterocycles. The van der Waals surface area contributed by atoms with Gasteiger partial charge in [0.25, 0.3) is 0 Å². The van der Waals surface area contributed by atoms with E-state index in [1.54, 1.807) is 0 Å². The molecule has 0 radical (unpaired) electrons. The Kier molecular flexibility index (Phi) is 3.95. The molecule has 0 spiro atoms. The standard InChI is InChI=1S/C16H23NO2/c1-16(2,3)14(9-15(18)19)17-10-13(11-17)12-7-5-4-6-8-12/h4-8,13-14H,9-11H2,1-3H3,(H,18,19). The molecular formula is C16H23NO2. The number of hydrogen-bond donors (Lipinski definition) is 1. The van der Waals surface area contributed by atoms with Gasteiger partial charge < -0.3 is 5.11 Å². The van der Waals surface area contributed by atoms with Crippen LogP contribution in [0.25, 0.3) is 0 Å². The van der Waals surface area contributed by atoms with Crippen molar-refractivity contribution in [1.82, 2.24) is 4.90 Å². The lowest BCUT2D eigenvalue weighted by Crippen LogP contribution is -2.55. The Morgan fingerprint density at radius 3 is 2.37 bits per heavy atom. The Morgan fingerprint density at radius 1 is 1.32 bits per heavy atom. The highest BCUT2D eigenvalue weighted by molar-refractivity contribution is 5.67. The van der Waals surface area contributed by atoms with Gasteiger partial charge in [-0.3, -0.25) is 9.69 Å². The highest BCUT2D eigenvalue weighted by atomic mass is 16.4. The Hall–Kier alpha value is -1.35. The number of likely N-dealkylation sites (tertiary alicyclic amines) is 1. The zero-order valence-corrected chi connectivity index (χ0v) is 12.0. The van der Waals surface area contributed by atoms with E-state index in [2.05, 4.69) is 49.9 Å². The molecule has 0 aromatic heterocycles. The summed E-state index contributed by atoms with van der Waals surface area (Å²) in [5, 5.41) is 9.07. The molecule has 19 heavy (non-hydrogen) atoms. The van der Waals surface area contributed by atoms with Gasteiger partial charge in [-0.15, -0.1) is 0 Å². The minimum atomic E-state index is -0.705. The van der Waals surface area contributed by atoms with Gasteiger partial charge >= 0.3 is 5.97 Å². The van der Waals surface area contributed by atoms with E-state index >= 15 is 0 Å². The normalized spacial score (nSPS) is 18.9. The van der Waals surface area contributed by atoms with Crippen molar-refractivity contribution >= 4 is 5.97 Å². The molecule has 1 aromatic rings. The van der Waals surface area contributed by atoms with Crippen LogP contribution in [-0.4, -0.2) is 35.1 Å². The fourth-order valence-corrected chi connectivity index (χ4v) is 2.85. The van der Waals surface area contributed by atoms with E-state index in [4.69, 9.17) is 5.11 Å². The van der Waals surface area contributed by atoms with Crippen LogP contribution in [-0.2, 0) is 4.79 Å². The molecule has 1 aliphatic heterocycles. The summed E-state index contributed by atoms with van der Waals surface area (Å²) in [4.78, 5) is 13.3. The lowest BCUT2D eigenvalue weighted by molar-refractivity contribution is -0.140. The minimum absolute atomic E-state index is 0.0000475. The minimum Gasteiger partial charge on any atom is -0.481 e. The lowest BCUT2D eigenvalue weighted by Gasteiger charge is -2.49. The summed E-state index contributed by atoms with van der Waals surface area (Å²) in [5.74, 6) is -0.150. The monoisotopic (exact) mass is 261 g/mol. The number of hydrogen-bond acceptors (Lipinski definition) is 2. The Morgan fingerprint density at radius 2 is 1.89 bits per heavy atom. The third-order valence-corrected chi connectivity index (χ3v) is 3.99. The molecule has 1 atom stereocenters. The molecule has 1 N–H and O–H groups in total. The second-order valence-corrected chi connectivity index (χ2v) is 6.54. The highest BCUT2D eigenvalue weighted by Gasteiger charge is 2.39. The van der Waals surface area contributed by atoms with Crippen LogP contribution < -0.4 is 0 Å². The molecule has 1 aromatic carbocycles. The zero-order valence-electron chi connectivity index (χ0n) is 12.0. The van der Waals surface area contributed by atoms with E-state index in [-0.39, 0.29) is 17.9 Å². The van der Waals surface area contributed by atoms with Gasteiger partial charge in [-0.05, 0) is 11.0 Å². The van der Waals surface area contributed by atoms with Gasteiger partial charge in [0.2, 0.25) is 0 Å². The summed E-state index contributed by atoms with van der Waals surface area (Å²) in [6, 6.07) is 10.6. The van der Waals surface area contributed by atoms with Crippen LogP contribution in [0.1, 0.15) is 38.7 Å². The number of rotatable bonds is 4. The van der Waals surface area contributed by atoms with Gasteiger partial charge in [0.05, 0.1) is 6.42 Å².